The molecule has 0 radical (unpaired) electrons. The highest BCUT2D eigenvalue weighted by molar-refractivity contribution is 7.52. The number of carbonyl (C=O) groups excluding carboxylic acids is 16. The summed E-state index contributed by atoms with van der Waals surface area (Å²) < 4.78 is 57.2. The third-order valence-electron chi connectivity index (χ3n) is 22.8. The number of fused-ring (bicyclic) bond motifs is 6. The number of amides is 16. The summed E-state index contributed by atoms with van der Waals surface area (Å²) >= 11 is 0. The third-order valence-corrected chi connectivity index (χ3v) is 23.8. The highest BCUT2D eigenvalue weighted by Gasteiger charge is 2.51. The van der Waals surface area contributed by atoms with Crippen LogP contribution in [0, 0.1) is 33.9 Å². The first-order chi connectivity index (χ1) is 65.8. The lowest BCUT2D eigenvalue weighted by Crippen LogP contribution is -2.63. The number of hydrogen-bond donors (Lipinski definition) is 27. The van der Waals surface area contributed by atoms with Crippen LogP contribution in [0.15, 0.2) is 140 Å². The monoisotopic (exact) mass is 1950 g/mol. The van der Waals surface area contributed by atoms with Crippen LogP contribution in [-0.2, 0) is 98.2 Å². The molecule has 13 unspecified atom stereocenters. The van der Waals surface area contributed by atoms with E-state index in [1.807, 2.05) is 0 Å². The van der Waals surface area contributed by atoms with Gasteiger partial charge in [-0.2, -0.15) is 8.78 Å². The van der Waals surface area contributed by atoms with Crippen molar-refractivity contribution in [1.29, 1.82) is 16.2 Å². The molecule has 2 aliphatic rings. The molecule has 0 aromatic heterocycles. The molecule has 48 heteroatoms. The predicted octanol–water partition coefficient (Wildman–Crippen LogP) is -2.27. The molecule has 13 atom stereocenters. The highest BCUT2D eigenvalue weighted by atomic mass is 31.2. The average molecular weight is 1960 g/mol. The second-order valence-electron chi connectivity index (χ2n) is 34.1. The number of hydrogen-bond acceptors (Lipinski definition) is 20. The number of rotatable bonds is 30. The first-order valence-corrected chi connectivity index (χ1v) is 46.3. The number of nitrogens with one attached hydrogen (secondary N) is 20. The second-order valence-corrected chi connectivity index (χ2v) is 35.7. The molecular formula is C91H119F3N25O19P. The van der Waals surface area contributed by atoms with Crippen molar-refractivity contribution in [3.8, 4) is 0 Å². The Kier molecular flexibility index (Phi) is 40.6. The molecule has 16 amide bonds. The van der Waals surface area contributed by atoms with Crippen LogP contribution in [0.1, 0.15) is 151 Å². The number of carbonyl (C=O) groups is 16. The summed E-state index contributed by atoms with van der Waals surface area (Å²) in [5.74, 6) is -22.9. The molecule has 8 rings (SSSR count). The maximum absolute atomic E-state index is 15.9. The van der Waals surface area contributed by atoms with Crippen molar-refractivity contribution in [2.45, 2.75) is 196 Å². The molecule has 0 saturated heterocycles. The van der Waals surface area contributed by atoms with Gasteiger partial charge in [-0.15, -0.1) is 0 Å². The number of primary amides is 2. The van der Waals surface area contributed by atoms with Crippen molar-refractivity contribution < 1.29 is 104 Å². The van der Waals surface area contributed by atoms with Crippen molar-refractivity contribution in [1.82, 2.24) is 90.4 Å². The largest absolute Gasteiger partial charge is 0.399 e. The number of benzene rings is 6. The molecule has 44 nitrogen and oxygen atoms in total. The molecule has 0 fully saturated rings. The summed E-state index contributed by atoms with van der Waals surface area (Å²) in [5.41, 5.74) is 21.3. The lowest BCUT2D eigenvalue weighted by molar-refractivity contribution is -0.136. The van der Waals surface area contributed by atoms with Crippen LogP contribution in [-0.4, -0.2) is 227 Å². The number of alkyl halides is 2. The van der Waals surface area contributed by atoms with Crippen LogP contribution in [0.3, 0.4) is 0 Å². The lowest BCUT2D eigenvalue weighted by atomic mass is 9.95. The first-order valence-electron chi connectivity index (χ1n) is 44.7. The average Bonchev–Trinajstić information content (AvgIpc) is 0.792. The van der Waals surface area contributed by atoms with Gasteiger partial charge in [-0.05, 0) is 127 Å². The van der Waals surface area contributed by atoms with Crippen molar-refractivity contribution in [2.24, 2.45) is 40.5 Å². The molecule has 748 valence electrons. The van der Waals surface area contributed by atoms with Gasteiger partial charge < -0.3 is 129 Å². The fraction of sp³-hybridized carbons (Fsp3) is 0.418. The van der Waals surface area contributed by atoms with Crippen molar-refractivity contribution in [2.75, 3.05) is 32.7 Å². The van der Waals surface area contributed by atoms with E-state index in [0.29, 0.717) is 34.0 Å². The van der Waals surface area contributed by atoms with Gasteiger partial charge in [-0.3, -0.25) is 97.5 Å². The molecule has 139 heavy (non-hydrogen) atoms. The van der Waals surface area contributed by atoms with Gasteiger partial charge in [0.1, 0.15) is 78.3 Å². The number of nitrogens with two attached hydrogens (primary N) is 5. The third kappa shape index (κ3) is 33.7. The standard InChI is InChI=1S/C91H119F3N25O19P/c1-5-48(4)72-87(135)116-66(39-50-24-28-57(29-25-50)91(93,94)139(136,137)138)83(131)112-64(37-47(2)3)81(129)118-70-46-107-75(123)55-41-54(42-56(43-55)76(124)108-63(32-33-71(95)120)80(128)113-67(85(133)119-72)40-51-26-30-58(92)31-27-51)74(122)106-45-69(73(96)121)117-79(127)62(23-14-36-105-90(101)102)110-77(125)60(21-12-34-103-88(97)98)109-78(126)61(22-13-35-104-89(99)100)111-84(132)68(44-53-19-11-18-52-17-9-10-20-59(52)53)115-82(130)65(114-86(70)134)38-49-15-7-6-8-16-49/h6-11,15-20,24-31,41-43,47-48,60-70,72H,5,12-14,21-23,32-40,44-46H2,1-4H3,(H2,95,120)(H2,96,121)(H,106,122)(H,107,123)(H,108,124)(H,109,126)(H,110,125)(H,111,132)(H,112,131)(H,113,128)(H,114,134)(H,115,130)(H,116,135)(H,117,127)(H,118,129)(H,119,133)(H4,97,98,103)(H4,99,100,104)(H4,101,102,105)(H2,136,137,138). The van der Waals surface area contributed by atoms with Crippen molar-refractivity contribution in [3.05, 3.63) is 190 Å². The zero-order valence-corrected chi connectivity index (χ0v) is 77.5. The maximum atomic E-state index is 15.9. The van der Waals surface area contributed by atoms with E-state index in [1.165, 1.54) is 19.1 Å². The molecule has 0 saturated carbocycles. The van der Waals surface area contributed by atoms with E-state index >= 15 is 66.3 Å². The molecule has 6 aromatic carbocycles. The molecule has 0 aliphatic carbocycles. The Morgan fingerprint density at radius 1 is 0.439 bits per heavy atom. The quantitative estimate of drug-likeness (QED) is 0.00978. The maximum Gasteiger partial charge on any atom is 0.399 e. The predicted molar refractivity (Wildman–Crippen MR) is 502 cm³/mol. The van der Waals surface area contributed by atoms with Crippen molar-refractivity contribution >= 4 is 131 Å². The van der Waals surface area contributed by atoms with Gasteiger partial charge in [0.05, 0.1) is 0 Å². The Balaban J connectivity index is 1.37. The van der Waals surface area contributed by atoms with Crippen LogP contribution in [0.2, 0.25) is 0 Å². The summed E-state index contributed by atoms with van der Waals surface area (Å²) in [6.45, 7) is 4.00. The second kappa shape index (κ2) is 51.7. The van der Waals surface area contributed by atoms with E-state index in [0.717, 1.165) is 42.5 Å². The number of halogens is 3. The SMILES string of the molecule is CCC(C)C1NC(=O)C(Cc2ccc(F)cc2)NC(=O)C(CCC(N)=O)NC(=O)c2cc3cc(c2)C(=O)NCC(NC(=O)C(CC(C)C)NC(=O)C(Cc2ccc(C(F)(F)P(=O)(O)O)cc2)NC1=O)C(=O)NC(Cc1ccccc1)C(=O)NC(Cc1cccc2ccccc12)C(=O)NC(CCCNC(=N)N)C(=O)NC(CCCNC(=N)N)C(=O)NC(CCCNC(=N)N)C(=O)NC(C(N)=O)CNC3=O. The fourth-order valence-corrected chi connectivity index (χ4v) is 15.6. The fourth-order valence-electron chi connectivity index (χ4n) is 15.1. The molecule has 2 aliphatic heterocycles. The Hall–Kier alpha value is -15.2. The zero-order chi connectivity index (χ0) is 102. The van der Waals surface area contributed by atoms with Gasteiger partial charge in [0.25, 0.3) is 17.7 Å². The van der Waals surface area contributed by atoms with E-state index in [4.69, 9.17) is 44.9 Å². The number of guanidine groups is 3. The van der Waals surface area contributed by atoms with Crippen LogP contribution in [0.25, 0.3) is 10.8 Å². The topological polar surface area (TPSA) is 737 Å². The zero-order valence-electron chi connectivity index (χ0n) is 76.6. The summed E-state index contributed by atoms with van der Waals surface area (Å²) in [7, 11) is -6.17. The van der Waals surface area contributed by atoms with E-state index in [2.05, 4.69) is 90.4 Å². The summed E-state index contributed by atoms with van der Waals surface area (Å²) in [4.78, 5) is 261. The Morgan fingerprint density at radius 2 is 0.827 bits per heavy atom. The molecule has 4 bridgehead atoms. The smallest absolute Gasteiger partial charge is 0.370 e. The summed E-state index contributed by atoms with van der Waals surface area (Å²) in [6.07, 6.45) is -4.85. The summed E-state index contributed by atoms with van der Waals surface area (Å²) in [6, 6.07) is 8.16. The van der Waals surface area contributed by atoms with Crippen LogP contribution in [0.4, 0.5) is 13.2 Å². The lowest BCUT2D eigenvalue weighted by Gasteiger charge is -2.30. The molecule has 0 spiro atoms. The minimum atomic E-state index is -6.17. The first kappa shape index (κ1) is 109. The molecule has 32 N–H and O–H groups in total. The van der Waals surface area contributed by atoms with E-state index < -0.39 is 290 Å². The minimum Gasteiger partial charge on any atom is -0.370 e. The van der Waals surface area contributed by atoms with Crippen LogP contribution >= 0.6 is 7.60 Å². The van der Waals surface area contributed by atoms with E-state index in [-0.39, 0.29) is 82.1 Å². The van der Waals surface area contributed by atoms with Gasteiger partial charge in [0.2, 0.25) is 76.8 Å². The van der Waals surface area contributed by atoms with Gasteiger partial charge >= 0.3 is 13.3 Å². The highest BCUT2D eigenvalue weighted by Crippen LogP contribution is 2.59. The van der Waals surface area contributed by atoms with E-state index in [1.54, 1.807) is 93.6 Å². The van der Waals surface area contributed by atoms with Crippen LogP contribution < -0.4 is 119 Å². The van der Waals surface area contributed by atoms with Crippen LogP contribution in [0.5, 0.6) is 0 Å². The van der Waals surface area contributed by atoms with Gasteiger partial charge in [-0.25, -0.2) is 4.39 Å². The van der Waals surface area contributed by atoms with E-state index in [9.17, 15) is 37.9 Å². The summed E-state index contributed by atoms with van der Waals surface area (Å²) in [5, 5.41) is 68.3. The Labute approximate surface area is 796 Å². The Bertz CT molecular complexity index is 5540. The molecule has 6 aromatic rings. The van der Waals surface area contributed by atoms with Crippen molar-refractivity contribution in [3.63, 3.8) is 0 Å². The normalized spacial score (nSPS) is 21.8. The minimum absolute atomic E-state index is 0.0461. The molecular weight excluding hydrogens is 1840 g/mol. The van der Waals surface area contributed by atoms with Gasteiger partial charge in [0, 0.05) is 87.1 Å². The Morgan fingerprint density at radius 3 is 1.29 bits per heavy atom. The molecule has 2 heterocycles. The van der Waals surface area contributed by atoms with Gasteiger partial charge in [-0.1, -0.05) is 143 Å². The van der Waals surface area contributed by atoms with Gasteiger partial charge in [0.15, 0.2) is 17.9 Å².